The highest BCUT2D eigenvalue weighted by Gasteiger charge is 2.12. The van der Waals surface area contributed by atoms with E-state index < -0.39 is 0 Å². The summed E-state index contributed by atoms with van der Waals surface area (Å²) in [4.78, 5) is 0. The average Bonchev–Trinajstić information content (AvgIpc) is 2.52. The Morgan fingerprint density at radius 3 is 2.57 bits per heavy atom. The molecular weight excluding hydrogens is 266 g/mol. The number of benzene rings is 1. The highest BCUT2D eigenvalue weighted by atomic mass is 16.5. The fourth-order valence-electron chi connectivity index (χ4n) is 2.24. The van der Waals surface area contributed by atoms with E-state index in [4.69, 9.17) is 14.2 Å². The fourth-order valence-corrected chi connectivity index (χ4v) is 2.24. The number of hydrogen-bond acceptors (Lipinski definition) is 4. The summed E-state index contributed by atoms with van der Waals surface area (Å²) in [5, 5.41) is 3.49. The van der Waals surface area contributed by atoms with Gasteiger partial charge in [-0.2, -0.15) is 0 Å². The predicted octanol–water partition coefficient (Wildman–Crippen LogP) is 3.18. The van der Waals surface area contributed by atoms with E-state index in [0.29, 0.717) is 25.9 Å². The molecule has 0 saturated carbocycles. The molecule has 0 spiro atoms. The lowest BCUT2D eigenvalue weighted by atomic mass is 10.0. The van der Waals surface area contributed by atoms with Gasteiger partial charge in [-0.25, -0.2) is 0 Å². The molecule has 1 aromatic rings. The third-order valence-corrected chi connectivity index (χ3v) is 3.28. The lowest BCUT2D eigenvalue weighted by Crippen LogP contribution is -2.21. The Labute approximate surface area is 128 Å². The lowest BCUT2D eigenvalue weighted by molar-refractivity contribution is 0.0803. The van der Waals surface area contributed by atoms with Gasteiger partial charge in [-0.3, -0.25) is 0 Å². The second-order valence-corrected chi connectivity index (χ2v) is 4.86. The first-order valence-corrected chi connectivity index (χ1v) is 7.85. The van der Waals surface area contributed by atoms with Crippen LogP contribution < -0.4 is 10.1 Å². The topological polar surface area (TPSA) is 39.7 Å². The SMILES string of the molecule is CCNC(CC)c1ccccc1OCCOCCCOC. The van der Waals surface area contributed by atoms with Crippen molar-refractivity contribution in [3.63, 3.8) is 0 Å². The van der Waals surface area contributed by atoms with E-state index in [-0.39, 0.29) is 0 Å². The minimum Gasteiger partial charge on any atom is -0.491 e. The molecule has 21 heavy (non-hydrogen) atoms. The normalized spacial score (nSPS) is 12.3. The van der Waals surface area contributed by atoms with Gasteiger partial charge in [0, 0.05) is 31.9 Å². The fraction of sp³-hybridized carbons (Fsp3) is 0.647. The van der Waals surface area contributed by atoms with Crippen LogP contribution in [0.25, 0.3) is 0 Å². The molecule has 1 aromatic carbocycles. The molecule has 1 N–H and O–H groups in total. The summed E-state index contributed by atoms with van der Waals surface area (Å²) < 4.78 is 16.4. The Hall–Kier alpha value is -1.10. The minimum atomic E-state index is 0.342. The van der Waals surface area contributed by atoms with E-state index in [2.05, 4.69) is 31.3 Å². The largest absolute Gasteiger partial charge is 0.491 e. The van der Waals surface area contributed by atoms with Crippen LogP contribution in [0.5, 0.6) is 5.75 Å². The van der Waals surface area contributed by atoms with Gasteiger partial charge in [0.15, 0.2) is 0 Å². The van der Waals surface area contributed by atoms with Crippen molar-refractivity contribution in [2.45, 2.75) is 32.7 Å². The predicted molar refractivity (Wildman–Crippen MR) is 86.0 cm³/mol. The highest BCUT2D eigenvalue weighted by molar-refractivity contribution is 5.35. The molecule has 120 valence electrons. The monoisotopic (exact) mass is 295 g/mol. The third kappa shape index (κ3) is 6.93. The van der Waals surface area contributed by atoms with E-state index in [1.165, 1.54) is 5.56 Å². The number of para-hydroxylation sites is 1. The third-order valence-electron chi connectivity index (χ3n) is 3.28. The molecule has 0 aliphatic carbocycles. The van der Waals surface area contributed by atoms with Crippen LogP contribution in [-0.2, 0) is 9.47 Å². The van der Waals surface area contributed by atoms with Crippen molar-refractivity contribution in [1.29, 1.82) is 0 Å². The molecule has 0 bridgehead atoms. The smallest absolute Gasteiger partial charge is 0.124 e. The van der Waals surface area contributed by atoms with Gasteiger partial charge in [-0.05, 0) is 25.5 Å². The molecule has 0 aliphatic heterocycles. The summed E-state index contributed by atoms with van der Waals surface area (Å²) in [6.45, 7) is 7.90. The quantitative estimate of drug-likeness (QED) is 0.601. The van der Waals surface area contributed by atoms with Gasteiger partial charge < -0.3 is 19.5 Å². The zero-order valence-electron chi connectivity index (χ0n) is 13.6. The first kappa shape index (κ1) is 18.0. The van der Waals surface area contributed by atoms with Crippen LogP contribution in [0, 0.1) is 0 Å². The van der Waals surface area contributed by atoms with Crippen molar-refractivity contribution in [2.24, 2.45) is 0 Å². The van der Waals surface area contributed by atoms with Gasteiger partial charge in [0.1, 0.15) is 12.4 Å². The maximum absolute atomic E-state index is 5.88. The summed E-state index contributed by atoms with van der Waals surface area (Å²) in [7, 11) is 1.70. The van der Waals surface area contributed by atoms with Crippen LogP contribution in [-0.4, -0.2) is 40.1 Å². The Kier molecular flexibility index (Phi) is 9.87. The standard InChI is InChI=1S/C17H29NO3/c1-4-16(18-5-2)15-9-6-7-10-17(15)21-14-13-20-12-8-11-19-3/h6-7,9-10,16,18H,4-5,8,11-14H2,1-3H3. The van der Waals surface area contributed by atoms with Crippen molar-refractivity contribution < 1.29 is 14.2 Å². The van der Waals surface area contributed by atoms with Crippen LogP contribution in [0.1, 0.15) is 38.3 Å². The van der Waals surface area contributed by atoms with E-state index in [1.807, 2.05) is 12.1 Å². The summed E-state index contributed by atoms with van der Waals surface area (Å²) in [6.07, 6.45) is 1.97. The van der Waals surface area contributed by atoms with Gasteiger partial charge in [-0.1, -0.05) is 32.0 Å². The number of methoxy groups -OCH3 is 1. The van der Waals surface area contributed by atoms with E-state index in [1.54, 1.807) is 7.11 Å². The molecule has 4 nitrogen and oxygen atoms in total. The molecule has 0 radical (unpaired) electrons. The van der Waals surface area contributed by atoms with Crippen LogP contribution in [0.4, 0.5) is 0 Å². The highest BCUT2D eigenvalue weighted by Crippen LogP contribution is 2.26. The maximum Gasteiger partial charge on any atom is 0.124 e. The van der Waals surface area contributed by atoms with Crippen molar-refractivity contribution in [3.05, 3.63) is 29.8 Å². The Morgan fingerprint density at radius 1 is 1.05 bits per heavy atom. The lowest BCUT2D eigenvalue weighted by Gasteiger charge is -2.20. The number of hydrogen-bond donors (Lipinski definition) is 1. The van der Waals surface area contributed by atoms with Gasteiger partial charge in [-0.15, -0.1) is 0 Å². The summed E-state index contributed by atoms with van der Waals surface area (Å²) in [5.41, 5.74) is 1.22. The zero-order valence-corrected chi connectivity index (χ0v) is 13.6. The molecule has 0 saturated heterocycles. The van der Waals surface area contributed by atoms with Gasteiger partial charge in [0.05, 0.1) is 6.61 Å². The zero-order chi connectivity index (χ0) is 15.3. The number of nitrogens with one attached hydrogen (secondary N) is 1. The van der Waals surface area contributed by atoms with Crippen molar-refractivity contribution in [2.75, 3.05) is 40.1 Å². The first-order chi connectivity index (χ1) is 10.3. The van der Waals surface area contributed by atoms with E-state index in [9.17, 15) is 0 Å². The Bertz CT molecular complexity index is 371. The molecule has 0 aliphatic rings. The van der Waals surface area contributed by atoms with Crippen molar-refractivity contribution in [1.82, 2.24) is 5.32 Å². The molecule has 0 fully saturated rings. The van der Waals surface area contributed by atoms with Crippen LogP contribution in [0.3, 0.4) is 0 Å². The Balaban J connectivity index is 2.40. The van der Waals surface area contributed by atoms with Gasteiger partial charge in [0.2, 0.25) is 0 Å². The second-order valence-electron chi connectivity index (χ2n) is 4.86. The summed E-state index contributed by atoms with van der Waals surface area (Å²) in [6, 6.07) is 8.57. The summed E-state index contributed by atoms with van der Waals surface area (Å²) >= 11 is 0. The average molecular weight is 295 g/mol. The molecule has 4 heteroatoms. The first-order valence-electron chi connectivity index (χ1n) is 7.85. The van der Waals surface area contributed by atoms with E-state index in [0.717, 1.165) is 31.7 Å². The van der Waals surface area contributed by atoms with Crippen LogP contribution >= 0.6 is 0 Å². The molecule has 1 unspecified atom stereocenters. The van der Waals surface area contributed by atoms with Gasteiger partial charge in [0.25, 0.3) is 0 Å². The maximum atomic E-state index is 5.88. The van der Waals surface area contributed by atoms with Crippen LogP contribution in [0.2, 0.25) is 0 Å². The molecule has 0 heterocycles. The summed E-state index contributed by atoms with van der Waals surface area (Å²) in [5.74, 6) is 0.950. The molecular formula is C17H29NO3. The van der Waals surface area contributed by atoms with Crippen molar-refractivity contribution >= 4 is 0 Å². The van der Waals surface area contributed by atoms with E-state index >= 15 is 0 Å². The van der Waals surface area contributed by atoms with Gasteiger partial charge >= 0.3 is 0 Å². The van der Waals surface area contributed by atoms with Crippen LogP contribution in [0.15, 0.2) is 24.3 Å². The molecule has 1 rings (SSSR count). The minimum absolute atomic E-state index is 0.342. The number of ether oxygens (including phenoxy) is 3. The Morgan fingerprint density at radius 2 is 1.86 bits per heavy atom. The van der Waals surface area contributed by atoms with Crippen molar-refractivity contribution in [3.8, 4) is 5.75 Å². The molecule has 1 atom stereocenters. The molecule has 0 aromatic heterocycles. The molecule has 0 amide bonds. The second kappa shape index (κ2) is 11.5. The number of rotatable bonds is 12.